The Balaban J connectivity index is 1.60. The van der Waals surface area contributed by atoms with Gasteiger partial charge in [0.15, 0.2) is 28.8 Å². The van der Waals surface area contributed by atoms with Crippen LogP contribution < -0.4 is 4.73 Å². The number of sulfone groups is 1. The van der Waals surface area contributed by atoms with Crippen molar-refractivity contribution in [1.82, 2.24) is 4.90 Å². The van der Waals surface area contributed by atoms with Gasteiger partial charge in [-0.3, -0.25) is 4.79 Å². The topological polar surface area (TPSA) is 108 Å². The largest absolute Gasteiger partial charge is 0.619 e. The maximum atomic E-state index is 12.4. The molecule has 1 saturated carbocycles. The van der Waals surface area contributed by atoms with Crippen LogP contribution in [0.3, 0.4) is 0 Å². The molecule has 9 heteroatoms. The number of rotatable bonds is 5. The molecule has 1 atom stereocenters. The van der Waals surface area contributed by atoms with Gasteiger partial charge in [0.25, 0.3) is 5.91 Å². The summed E-state index contributed by atoms with van der Waals surface area (Å²) < 4.78 is 28.8. The van der Waals surface area contributed by atoms with E-state index in [0.717, 1.165) is 25.2 Å². The number of pyridine rings is 1. The summed E-state index contributed by atoms with van der Waals surface area (Å²) in [5.74, 6) is -1.00. The van der Waals surface area contributed by atoms with Gasteiger partial charge in [0, 0.05) is 24.2 Å². The molecule has 2 aliphatic rings. The molecule has 1 aromatic rings. The summed E-state index contributed by atoms with van der Waals surface area (Å²) in [4.78, 5) is 25.9. The average Bonchev–Trinajstić information content (AvgIpc) is 3.29. The monoisotopic (exact) mass is 354 g/mol. The molecular formula is C15H18N2O6S. The highest BCUT2D eigenvalue weighted by Crippen LogP contribution is 2.32. The molecule has 0 bridgehead atoms. The number of hydrogen-bond donors (Lipinski definition) is 0. The number of hydrogen-bond acceptors (Lipinski definition) is 6. The molecule has 3 rings (SSSR count). The van der Waals surface area contributed by atoms with E-state index in [1.807, 2.05) is 0 Å². The first-order valence-corrected chi connectivity index (χ1v) is 9.55. The van der Waals surface area contributed by atoms with E-state index in [9.17, 15) is 23.2 Å². The van der Waals surface area contributed by atoms with Gasteiger partial charge in [-0.05, 0) is 19.3 Å². The molecule has 8 nitrogen and oxygen atoms in total. The van der Waals surface area contributed by atoms with Crippen LogP contribution in [-0.2, 0) is 19.4 Å². The molecular weight excluding hydrogens is 336 g/mol. The normalized spacial score (nSPS) is 22.1. The van der Waals surface area contributed by atoms with Crippen LogP contribution in [0, 0.1) is 5.21 Å². The Kier molecular flexibility index (Phi) is 4.44. The lowest BCUT2D eigenvalue weighted by atomic mass is 10.2. The van der Waals surface area contributed by atoms with Crippen LogP contribution in [0.4, 0.5) is 0 Å². The third kappa shape index (κ3) is 3.84. The van der Waals surface area contributed by atoms with E-state index in [4.69, 9.17) is 4.74 Å². The highest BCUT2D eigenvalue weighted by atomic mass is 32.2. The number of esters is 1. The van der Waals surface area contributed by atoms with Crippen molar-refractivity contribution in [2.24, 2.45) is 0 Å². The highest BCUT2D eigenvalue weighted by molar-refractivity contribution is 7.91. The summed E-state index contributed by atoms with van der Waals surface area (Å²) in [6.45, 7) is -0.432. The van der Waals surface area contributed by atoms with Gasteiger partial charge < -0.3 is 14.8 Å². The second kappa shape index (κ2) is 6.39. The summed E-state index contributed by atoms with van der Waals surface area (Å²) in [5.41, 5.74) is 0.177. The summed E-state index contributed by atoms with van der Waals surface area (Å²) in [7, 11) is -3.09. The van der Waals surface area contributed by atoms with Gasteiger partial charge in [-0.1, -0.05) is 0 Å². The van der Waals surface area contributed by atoms with Crippen LogP contribution in [0.25, 0.3) is 0 Å². The van der Waals surface area contributed by atoms with E-state index in [0.29, 0.717) is 11.2 Å². The first kappa shape index (κ1) is 16.7. The summed E-state index contributed by atoms with van der Waals surface area (Å²) in [5, 5.41) is 10.9. The third-order valence-corrected chi connectivity index (χ3v) is 5.94. The molecule has 1 aliphatic carbocycles. The van der Waals surface area contributed by atoms with Gasteiger partial charge in [-0.15, -0.1) is 0 Å². The zero-order chi connectivity index (χ0) is 17.3. The zero-order valence-electron chi connectivity index (χ0n) is 13.0. The number of nitrogens with zero attached hydrogens (tertiary/aromatic N) is 2. The van der Waals surface area contributed by atoms with Crippen molar-refractivity contribution in [2.75, 3.05) is 18.1 Å². The van der Waals surface area contributed by atoms with E-state index in [-0.39, 0.29) is 35.1 Å². The zero-order valence-corrected chi connectivity index (χ0v) is 13.8. The number of ether oxygens (including phenoxy) is 1. The van der Waals surface area contributed by atoms with E-state index >= 15 is 0 Å². The van der Waals surface area contributed by atoms with Crippen molar-refractivity contribution in [2.45, 2.75) is 31.3 Å². The smallest absolute Gasteiger partial charge is 0.339 e. The minimum absolute atomic E-state index is 0.0224. The third-order valence-electron chi connectivity index (χ3n) is 4.19. The molecule has 0 aromatic carbocycles. The predicted molar refractivity (Wildman–Crippen MR) is 82.6 cm³/mol. The minimum Gasteiger partial charge on any atom is -0.619 e. The number of amides is 1. The van der Waals surface area contributed by atoms with Gasteiger partial charge in [0.05, 0.1) is 17.1 Å². The van der Waals surface area contributed by atoms with Crippen molar-refractivity contribution in [3.8, 4) is 0 Å². The average molecular weight is 354 g/mol. The minimum atomic E-state index is -3.09. The molecule has 0 unspecified atom stereocenters. The first-order valence-electron chi connectivity index (χ1n) is 7.73. The van der Waals surface area contributed by atoms with Crippen molar-refractivity contribution in [3.63, 3.8) is 0 Å². The fourth-order valence-corrected chi connectivity index (χ4v) is 4.60. The van der Waals surface area contributed by atoms with Gasteiger partial charge in [0.2, 0.25) is 0 Å². The van der Waals surface area contributed by atoms with E-state index < -0.39 is 22.4 Å². The fraction of sp³-hybridized carbons (Fsp3) is 0.533. The van der Waals surface area contributed by atoms with Crippen LogP contribution in [0.1, 0.15) is 29.6 Å². The van der Waals surface area contributed by atoms with Crippen molar-refractivity contribution < 1.29 is 27.5 Å². The summed E-state index contributed by atoms with van der Waals surface area (Å²) in [6, 6.07) is 2.33. The Bertz CT molecular complexity index is 742. The van der Waals surface area contributed by atoms with Gasteiger partial charge in [-0.2, -0.15) is 4.73 Å². The quantitative estimate of drug-likeness (QED) is 0.406. The molecule has 0 spiro atoms. The number of aromatic nitrogens is 1. The predicted octanol–water partition coefficient (Wildman–Crippen LogP) is -0.345. The molecule has 2 heterocycles. The van der Waals surface area contributed by atoms with Crippen LogP contribution in [-0.4, -0.2) is 55.4 Å². The molecule has 24 heavy (non-hydrogen) atoms. The van der Waals surface area contributed by atoms with Crippen LogP contribution in [0.5, 0.6) is 0 Å². The van der Waals surface area contributed by atoms with Gasteiger partial charge in [-0.25, -0.2) is 13.2 Å². The Morgan fingerprint density at radius 1 is 1.21 bits per heavy atom. The van der Waals surface area contributed by atoms with Crippen molar-refractivity contribution in [3.05, 3.63) is 35.3 Å². The SMILES string of the molecule is O=C(OCC(=O)N(C1CC1)[C@H]1CCS(=O)(=O)C1)c1cc[n+]([O-])cc1. The molecule has 2 fully saturated rings. The second-order valence-corrected chi connectivity index (χ2v) is 8.34. The number of carbonyl (C=O) groups is 2. The molecule has 1 aliphatic heterocycles. The second-order valence-electron chi connectivity index (χ2n) is 6.11. The molecule has 130 valence electrons. The maximum absolute atomic E-state index is 12.4. The van der Waals surface area contributed by atoms with Gasteiger partial charge in [0.1, 0.15) is 0 Å². The standard InChI is InChI=1S/C15H18N2O6S/c18-14(9-23-15(19)11-3-6-16(20)7-4-11)17(12-1-2-12)13-5-8-24(21,22)10-13/h3-4,6-7,12-13H,1-2,5,8-10H2/t13-/m0/s1. The first-order chi connectivity index (χ1) is 11.4. The van der Waals surface area contributed by atoms with Crippen LogP contribution in [0.2, 0.25) is 0 Å². The van der Waals surface area contributed by atoms with Crippen molar-refractivity contribution >= 4 is 21.7 Å². The van der Waals surface area contributed by atoms with E-state index in [1.165, 1.54) is 12.1 Å². The molecule has 0 N–H and O–H groups in total. The maximum Gasteiger partial charge on any atom is 0.339 e. The van der Waals surface area contributed by atoms with Crippen molar-refractivity contribution in [1.29, 1.82) is 0 Å². The molecule has 1 aromatic heterocycles. The lowest BCUT2D eigenvalue weighted by Crippen LogP contribution is -2.44. The Morgan fingerprint density at radius 3 is 2.42 bits per heavy atom. The molecule has 1 saturated heterocycles. The number of carbonyl (C=O) groups excluding carboxylic acids is 2. The van der Waals surface area contributed by atoms with E-state index in [2.05, 4.69) is 0 Å². The summed E-state index contributed by atoms with van der Waals surface area (Å²) >= 11 is 0. The molecule has 1 amide bonds. The summed E-state index contributed by atoms with van der Waals surface area (Å²) in [6.07, 6.45) is 4.45. The lowest BCUT2D eigenvalue weighted by Gasteiger charge is -2.28. The Morgan fingerprint density at radius 2 is 1.88 bits per heavy atom. The van der Waals surface area contributed by atoms with Crippen LogP contribution >= 0.6 is 0 Å². The molecule has 0 radical (unpaired) electrons. The highest BCUT2D eigenvalue weighted by Gasteiger charge is 2.42. The lowest BCUT2D eigenvalue weighted by molar-refractivity contribution is -0.605. The van der Waals surface area contributed by atoms with E-state index in [1.54, 1.807) is 4.90 Å². The Labute approximate surface area is 139 Å². The Hall–Kier alpha value is -2.16. The van der Waals surface area contributed by atoms with Crippen LogP contribution in [0.15, 0.2) is 24.5 Å². The van der Waals surface area contributed by atoms with Gasteiger partial charge >= 0.3 is 5.97 Å². The fourth-order valence-electron chi connectivity index (χ4n) is 2.89.